The van der Waals surface area contributed by atoms with Gasteiger partial charge in [-0.2, -0.15) is 0 Å². The number of hydrogen-bond acceptors (Lipinski definition) is 4. The molecule has 152 valence electrons. The predicted octanol–water partition coefficient (Wildman–Crippen LogP) is 3.41. The van der Waals surface area contributed by atoms with Gasteiger partial charge in [0.05, 0.1) is 19.2 Å². The minimum absolute atomic E-state index is 0.202. The molecule has 0 spiro atoms. The smallest absolute Gasteiger partial charge is 0.332 e. The molecule has 0 aromatic heterocycles. The molecule has 0 bridgehead atoms. The van der Waals surface area contributed by atoms with Crippen molar-refractivity contribution in [3.05, 3.63) is 54.3 Å². The van der Waals surface area contributed by atoms with Crippen molar-refractivity contribution < 1.29 is 23.5 Å². The number of rotatable bonds is 6. The van der Waals surface area contributed by atoms with Gasteiger partial charge in [-0.25, -0.2) is 14.1 Å². The van der Waals surface area contributed by atoms with Gasteiger partial charge in [-0.1, -0.05) is 0 Å². The summed E-state index contributed by atoms with van der Waals surface area (Å²) in [6.45, 7) is 3.57. The first-order chi connectivity index (χ1) is 13.8. The van der Waals surface area contributed by atoms with E-state index >= 15 is 0 Å². The zero-order valence-electron chi connectivity index (χ0n) is 16.4. The average Bonchev–Trinajstić information content (AvgIpc) is 2.93. The molecule has 0 saturated carbocycles. The van der Waals surface area contributed by atoms with Gasteiger partial charge in [-0.05, 0) is 62.4 Å². The summed E-state index contributed by atoms with van der Waals surface area (Å²) in [4.78, 5) is 40.9. The second kappa shape index (κ2) is 8.30. The molecule has 0 unspecified atom stereocenters. The lowest BCUT2D eigenvalue weighted by molar-refractivity contribution is -0.124. The number of hydrogen-bond donors (Lipinski definition) is 1. The van der Waals surface area contributed by atoms with E-state index in [2.05, 4.69) is 5.32 Å². The van der Waals surface area contributed by atoms with Gasteiger partial charge >= 0.3 is 6.03 Å². The maximum atomic E-state index is 13.0. The van der Waals surface area contributed by atoms with Crippen molar-refractivity contribution in [2.75, 3.05) is 17.3 Å². The van der Waals surface area contributed by atoms with Crippen molar-refractivity contribution in [3.8, 4) is 5.75 Å². The van der Waals surface area contributed by atoms with Crippen molar-refractivity contribution in [1.29, 1.82) is 0 Å². The van der Waals surface area contributed by atoms with Crippen LogP contribution in [0.15, 0.2) is 48.5 Å². The summed E-state index contributed by atoms with van der Waals surface area (Å²) < 4.78 is 18.1. The second-order valence-corrected chi connectivity index (χ2v) is 6.93. The summed E-state index contributed by atoms with van der Waals surface area (Å²) in [5.41, 5.74) is 0.823. The van der Waals surface area contributed by atoms with Gasteiger partial charge in [0.15, 0.2) is 0 Å². The molecule has 4 amide bonds. The van der Waals surface area contributed by atoms with E-state index in [9.17, 15) is 18.8 Å². The molecule has 7 nitrogen and oxygen atoms in total. The van der Waals surface area contributed by atoms with Gasteiger partial charge in [0.1, 0.15) is 17.6 Å². The Bertz CT molecular complexity index is 913. The molecular formula is C21H22FN3O4. The van der Waals surface area contributed by atoms with Gasteiger partial charge in [0, 0.05) is 11.7 Å². The molecule has 29 heavy (non-hydrogen) atoms. The molecule has 0 radical (unpaired) electrons. The quantitative estimate of drug-likeness (QED) is 0.755. The number of urea groups is 1. The standard InChI is InChI=1S/C21H22FN3O4/c1-13(2)24-18(12-19(26)23-15-6-4-14(22)5-7-15)20(27)25(21(24)28)16-8-10-17(29-3)11-9-16/h4-11,13,18H,12H2,1-3H3,(H,23,26)/t18-/m1/s1. The van der Waals surface area contributed by atoms with Crippen LogP contribution in [0.4, 0.5) is 20.6 Å². The van der Waals surface area contributed by atoms with E-state index in [4.69, 9.17) is 4.74 Å². The third kappa shape index (κ3) is 4.21. The van der Waals surface area contributed by atoms with Crippen molar-refractivity contribution in [2.24, 2.45) is 0 Å². The Kier molecular flexibility index (Phi) is 5.81. The number of nitrogens with one attached hydrogen (secondary N) is 1. The summed E-state index contributed by atoms with van der Waals surface area (Å²) in [6, 6.07) is 10.2. The lowest BCUT2D eigenvalue weighted by Crippen LogP contribution is -2.42. The molecule has 1 N–H and O–H groups in total. The molecule has 3 rings (SSSR count). The third-order valence-electron chi connectivity index (χ3n) is 4.65. The summed E-state index contributed by atoms with van der Waals surface area (Å²) in [7, 11) is 1.53. The molecule has 1 aliphatic heterocycles. The Morgan fingerprint density at radius 2 is 1.72 bits per heavy atom. The van der Waals surface area contributed by atoms with Crippen LogP contribution < -0.4 is 15.0 Å². The zero-order chi connectivity index (χ0) is 21.1. The van der Waals surface area contributed by atoms with E-state index in [1.165, 1.54) is 36.3 Å². The van der Waals surface area contributed by atoms with Crippen molar-refractivity contribution >= 4 is 29.2 Å². The lowest BCUT2D eigenvalue weighted by Gasteiger charge is -2.25. The van der Waals surface area contributed by atoms with Gasteiger partial charge in [-0.3, -0.25) is 9.59 Å². The Hall–Kier alpha value is -3.42. The summed E-state index contributed by atoms with van der Waals surface area (Å²) >= 11 is 0. The first-order valence-electron chi connectivity index (χ1n) is 9.17. The van der Waals surface area contributed by atoms with Gasteiger partial charge < -0.3 is 15.0 Å². The third-order valence-corrected chi connectivity index (χ3v) is 4.65. The van der Waals surface area contributed by atoms with Crippen LogP contribution in [0.25, 0.3) is 0 Å². The Balaban J connectivity index is 1.80. The largest absolute Gasteiger partial charge is 0.497 e. The van der Waals surface area contributed by atoms with Crippen LogP contribution in [-0.4, -0.2) is 41.9 Å². The molecule has 1 fully saturated rings. The number of amides is 4. The first kappa shape index (κ1) is 20.3. The lowest BCUT2D eigenvalue weighted by atomic mass is 10.1. The highest BCUT2D eigenvalue weighted by Crippen LogP contribution is 2.29. The maximum absolute atomic E-state index is 13.0. The Labute approximate surface area is 168 Å². The molecule has 0 aliphatic carbocycles. The van der Waals surface area contributed by atoms with Crippen LogP contribution in [-0.2, 0) is 9.59 Å². The highest BCUT2D eigenvalue weighted by atomic mass is 19.1. The highest BCUT2D eigenvalue weighted by molar-refractivity contribution is 6.22. The minimum Gasteiger partial charge on any atom is -0.497 e. The minimum atomic E-state index is -0.926. The van der Waals surface area contributed by atoms with Gasteiger partial charge in [0.25, 0.3) is 5.91 Å². The average molecular weight is 399 g/mol. The zero-order valence-corrected chi connectivity index (χ0v) is 16.4. The normalized spacial score (nSPS) is 16.5. The van der Waals surface area contributed by atoms with E-state index in [0.717, 1.165) is 4.90 Å². The van der Waals surface area contributed by atoms with Crippen LogP contribution in [0.5, 0.6) is 5.75 Å². The summed E-state index contributed by atoms with van der Waals surface area (Å²) in [5, 5.41) is 2.63. The molecule has 1 heterocycles. The molecule has 2 aromatic carbocycles. The Morgan fingerprint density at radius 1 is 1.10 bits per heavy atom. The van der Waals surface area contributed by atoms with E-state index in [-0.39, 0.29) is 12.5 Å². The van der Waals surface area contributed by atoms with Crippen molar-refractivity contribution in [3.63, 3.8) is 0 Å². The van der Waals surface area contributed by atoms with Crippen LogP contribution in [0.2, 0.25) is 0 Å². The molecule has 1 atom stereocenters. The molecular weight excluding hydrogens is 377 g/mol. The van der Waals surface area contributed by atoms with Crippen LogP contribution in [0, 0.1) is 5.82 Å². The van der Waals surface area contributed by atoms with Gasteiger partial charge in [-0.15, -0.1) is 0 Å². The summed E-state index contributed by atoms with van der Waals surface area (Å²) in [6.07, 6.45) is -0.202. The summed E-state index contributed by atoms with van der Waals surface area (Å²) in [5.74, 6) is -0.724. The number of carbonyl (C=O) groups excluding carboxylic acids is 3. The monoisotopic (exact) mass is 399 g/mol. The fourth-order valence-electron chi connectivity index (χ4n) is 3.27. The van der Waals surface area contributed by atoms with Gasteiger partial charge in [0.2, 0.25) is 5.91 Å². The van der Waals surface area contributed by atoms with E-state index in [0.29, 0.717) is 17.1 Å². The number of carbonyl (C=O) groups is 3. The van der Waals surface area contributed by atoms with Crippen LogP contribution in [0.3, 0.4) is 0 Å². The topological polar surface area (TPSA) is 79.0 Å². The number of benzene rings is 2. The SMILES string of the molecule is COc1ccc(N2C(=O)[C@@H](CC(=O)Nc3ccc(F)cc3)N(C(C)C)C2=O)cc1. The van der Waals surface area contributed by atoms with Crippen LogP contribution in [0.1, 0.15) is 20.3 Å². The van der Waals surface area contributed by atoms with Crippen molar-refractivity contribution in [2.45, 2.75) is 32.4 Å². The Morgan fingerprint density at radius 3 is 2.28 bits per heavy atom. The fraction of sp³-hybridized carbons (Fsp3) is 0.286. The van der Waals surface area contributed by atoms with E-state index in [1.54, 1.807) is 38.1 Å². The molecule has 8 heteroatoms. The van der Waals surface area contributed by atoms with Crippen LogP contribution >= 0.6 is 0 Å². The molecule has 2 aromatic rings. The fourth-order valence-corrected chi connectivity index (χ4v) is 3.27. The number of methoxy groups -OCH3 is 1. The molecule has 1 aliphatic rings. The number of nitrogens with zero attached hydrogens (tertiary/aromatic N) is 2. The van der Waals surface area contributed by atoms with Crippen molar-refractivity contribution in [1.82, 2.24) is 4.90 Å². The number of imide groups is 1. The maximum Gasteiger partial charge on any atom is 0.332 e. The molecule has 1 saturated heterocycles. The highest BCUT2D eigenvalue weighted by Gasteiger charge is 2.47. The first-order valence-corrected chi connectivity index (χ1v) is 9.17. The van der Waals surface area contributed by atoms with E-state index < -0.39 is 29.7 Å². The number of halogens is 1. The second-order valence-electron chi connectivity index (χ2n) is 6.93. The predicted molar refractivity (Wildman–Crippen MR) is 106 cm³/mol. The number of anilines is 2. The number of ether oxygens (including phenoxy) is 1. The van der Waals surface area contributed by atoms with E-state index in [1.807, 2.05) is 0 Å².